The molecule has 1 N–H and O–H groups in total. The highest BCUT2D eigenvalue weighted by molar-refractivity contribution is 5.88. The fourth-order valence-electron chi connectivity index (χ4n) is 3.60. The number of furan rings is 1. The van der Waals surface area contributed by atoms with Crippen LogP contribution in [-0.4, -0.2) is 18.2 Å². The first-order chi connectivity index (χ1) is 9.74. The minimum absolute atomic E-state index is 0.0274. The van der Waals surface area contributed by atoms with E-state index in [4.69, 9.17) is 4.42 Å². The summed E-state index contributed by atoms with van der Waals surface area (Å²) in [4.78, 5) is 24.2. The number of carbonyl (C=O) groups excluding carboxylic acids is 2. The van der Waals surface area contributed by atoms with Crippen molar-refractivity contribution >= 4 is 11.7 Å². The summed E-state index contributed by atoms with van der Waals surface area (Å²) in [6.45, 7) is 0.603. The standard InChI is InChI=1S/C16H21NO3/c18-15-11-3-1-4-12(15)10-13(9-11)16(19)17-7-6-14-5-2-8-20-14/h2,5,8,11-13H,1,3-4,6-7,9-10H2,(H,17,19). The summed E-state index contributed by atoms with van der Waals surface area (Å²) < 4.78 is 5.24. The number of ketones is 1. The summed E-state index contributed by atoms with van der Waals surface area (Å²) in [5, 5.41) is 2.98. The molecule has 0 radical (unpaired) electrons. The third kappa shape index (κ3) is 2.79. The van der Waals surface area contributed by atoms with Crippen molar-refractivity contribution in [1.29, 1.82) is 0 Å². The van der Waals surface area contributed by atoms with Crippen LogP contribution in [0.5, 0.6) is 0 Å². The summed E-state index contributed by atoms with van der Waals surface area (Å²) in [6.07, 6.45) is 6.97. The normalized spacial score (nSPS) is 29.2. The van der Waals surface area contributed by atoms with Gasteiger partial charge in [-0.15, -0.1) is 0 Å². The zero-order valence-electron chi connectivity index (χ0n) is 11.6. The minimum atomic E-state index is 0.0274. The zero-order chi connectivity index (χ0) is 13.9. The molecule has 20 heavy (non-hydrogen) atoms. The van der Waals surface area contributed by atoms with E-state index in [0.717, 1.165) is 44.3 Å². The number of hydrogen-bond acceptors (Lipinski definition) is 3. The van der Waals surface area contributed by atoms with Crippen LogP contribution in [0.1, 0.15) is 37.9 Å². The Hall–Kier alpha value is -1.58. The highest BCUT2D eigenvalue weighted by Gasteiger charge is 2.41. The molecule has 0 saturated heterocycles. The number of Topliss-reactive ketones (excluding diaryl/α,β-unsaturated/α-hetero) is 1. The second-order valence-electron chi connectivity index (χ2n) is 6.02. The van der Waals surface area contributed by atoms with E-state index in [0.29, 0.717) is 12.3 Å². The molecule has 0 spiro atoms. The van der Waals surface area contributed by atoms with Gasteiger partial charge in [-0.05, 0) is 37.8 Å². The van der Waals surface area contributed by atoms with Gasteiger partial charge in [0.1, 0.15) is 11.5 Å². The molecule has 4 heteroatoms. The van der Waals surface area contributed by atoms with Crippen molar-refractivity contribution in [3.05, 3.63) is 24.2 Å². The molecule has 2 fully saturated rings. The molecule has 0 aromatic carbocycles. The van der Waals surface area contributed by atoms with Gasteiger partial charge in [-0.1, -0.05) is 6.42 Å². The highest BCUT2D eigenvalue weighted by Crippen LogP contribution is 2.40. The van der Waals surface area contributed by atoms with Gasteiger partial charge in [-0.25, -0.2) is 0 Å². The molecule has 4 nitrogen and oxygen atoms in total. The van der Waals surface area contributed by atoms with Crippen LogP contribution in [-0.2, 0) is 16.0 Å². The molecule has 1 aromatic heterocycles. The number of nitrogens with one attached hydrogen (secondary N) is 1. The maximum Gasteiger partial charge on any atom is 0.223 e. The fraction of sp³-hybridized carbons (Fsp3) is 0.625. The van der Waals surface area contributed by atoms with Crippen molar-refractivity contribution in [3.8, 4) is 0 Å². The molecule has 2 saturated carbocycles. The lowest BCUT2D eigenvalue weighted by Crippen LogP contribution is -2.42. The molecule has 2 bridgehead atoms. The second kappa shape index (κ2) is 5.81. The van der Waals surface area contributed by atoms with Crippen molar-refractivity contribution < 1.29 is 14.0 Å². The van der Waals surface area contributed by atoms with Crippen LogP contribution < -0.4 is 5.32 Å². The Morgan fingerprint density at radius 3 is 2.70 bits per heavy atom. The van der Waals surface area contributed by atoms with E-state index in [9.17, 15) is 9.59 Å². The smallest absolute Gasteiger partial charge is 0.223 e. The maximum atomic E-state index is 12.2. The van der Waals surface area contributed by atoms with Crippen LogP contribution in [0.4, 0.5) is 0 Å². The lowest BCUT2D eigenvalue weighted by atomic mass is 9.67. The first kappa shape index (κ1) is 13.4. The molecule has 1 amide bonds. The van der Waals surface area contributed by atoms with Crippen LogP contribution in [0.3, 0.4) is 0 Å². The SMILES string of the molecule is O=C(NCCc1ccco1)C1CC2CCCC(C1)C2=O. The number of rotatable bonds is 4. The number of fused-ring (bicyclic) bond motifs is 2. The van der Waals surface area contributed by atoms with E-state index in [-0.39, 0.29) is 23.7 Å². The van der Waals surface area contributed by atoms with Crippen LogP contribution >= 0.6 is 0 Å². The molecule has 1 aromatic rings. The van der Waals surface area contributed by atoms with Crippen LogP contribution in [0.2, 0.25) is 0 Å². The molecule has 1 heterocycles. The summed E-state index contributed by atoms with van der Waals surface area (Å²) in [5.41, 5.74) is 0. The Balaban J connectivity index is 1.49. The van der Waals surface area contributed by atoms with E-state index < -0.39 is 0 Å². The summed E-state index contributed by atoms with van der Waals surface area (Å²) >= 11 is 0. The third-order valence-corrected chi connectivity index (χ3v) is 4.67. The van der Waals surface area contributed by atoms with E-state index >= 15 is 0 Å². The summed E-state index contributed by atoms with van der Waals surface area (Å²) in [6, 6.07) is 3.76. The van der Waals surface area contributed by atoms with E-state index in [1.807, 2.05) is 12.1 Å². The number of carbonyl (C=O) groups is 2. The number of hydrogen-bond donors (Lipinski definition) is 1. The Morgan fingerprint density at radius 1 is 1.30 bits per heavy atom. The van der Waals surface area contributed by atoms with Crippen molar-refractivity contribution in [2.24, 2.45) is 17.8 Å². The predicted molar refractivity (Wildman–Crippen MR) is 74.0 cm³/mol. The monoisotopic (exact) mass is 275 g/mol. The van der Waals surface area contributed by atoms with Gasteiger partial charge in [0, 0.05) is 30.7 Å². The van der Waals surface area contributed by atoms with Crippen molar-refractivity contribution in [2.45, 2.75) is 38.5 Å². The topological polar surface area (TPSA) is 59.3 Å². The van der Waals surface area contributed by atoms with Gasteiger partial charge in [0.25, 0.3) is 0 Å². The Bertz CT molecular complexity index is 464. The summed E-state index contributed by atoms with van der Waals surface area (Å²) in [7, 11) is 0. The van der Waals surface area contributed by atoms with E-state index in [1.54, 1.807) is 6.26 Å². The van der Waals surface area contributed by atoms with Gasteiger partial charge < -0.3 is 9.73 Å². The Labute approximate surface area is 118 Å². The average molecular weight is 275 g/mol. The van der Waals surface area contributed by atoms with Crippen molar-refractivity contribution in [2.75, 3.05) is 6.54 Å². The zero-order valence-corrected chi connectivity index (χ0v) is 11.6. The van der Waals surface area contributed by atoms with Crippen LogP contribution in [0.15, 0.2) is 22.8 Å². The first-order valence-corrected chi connectivity index (χ1v) is 7.58. The molecule has 2 atom stereocenters. The maximum absolute atomic E-state index is 12.2. The first-order valence-electron chi connectivity index (χ1n) is 7.58. The molecule has 2 unspecified atom stereocenters. The summed E-state index contributed by atoms with van der Waals surface area (Å²) in [5.74, 6) is 1.73. The third-order valence-electron chi connectivity index (χ3n) is 4.67. The van der Waals surface area contributed by atoms with Gasteiger partial charge in [0.2, 0.25) is 5.91 Å². The van der Waals surface area contributed by atoms with Gasteiger partial charge in [0.05, 0.1) is 6.26 Å². The second-order valence-corrected chi connectivity index (χ2v) is 6.02. The number of amides is 1. The quantitative estimate of drug-likeness (QED) is 0.917. The largest absolute Gasteiger partial charge is 0.469 e. The molecular weight excluding hydrogens is 254 g/mol. The lowest BCUT2D eigenvalue weighted by molar-refractivity contribution is -0.137. The van der Waals surface area contributed by atoms with E-state index in [2.05, 4.69) is 5.32 Å². The van der Waals surface area contributed by atoms with Gasteiger partial charge >= 0.3 is 0 Å². The molecular formula is C16H21NO3. The van der Waals surface area contributed by atoms with Gasteiger partial charge in [-0.3, -0.25) is 9.59 Å². The molecule has 0 aliphatic heterocycles. The fourth-order valence-corrected chi connectivity index (χ4v) is 3.60. The van der Waals surface area contributed by atoms with E-state index in [1.165, 1.54) is 0 Å². The Kier molecular flexibility index (Phi) is 3.90. The Morgan fingerprint density at radius 2 is 2.05 bits per heavy atom. The molecule has 2 aliphatic carbocycles. The average Bonchev–Trinajstić information content (AvgIpc) is 2.91. The van der Waals surface area contributed by atoms with Crippen LogP contribution in [0.25, 0.3) is 0 Å². The predicted octanol–water partition coefficient (Wildman–Crippen LogP) is 2.33. The van der Waals surface area contributed by atoms with Crippen molar-refractivity contribution in [3.63, 3.8) is 0 Å². The van der Waals surface area contributed by atoms with Gasteiger partial charge in [0.15, 0.2) is 0 Å². The molecule has 108 valence electrons. The van der Waals surface area contributed by atoms with Crippen LogP contribution in [0, 0.1) is 17.8 Å². The van der Waals surface area contributed by atoms with Crippen molar-refractivity contribution in [1.82, 2.24) is 5.32 Å². The highest BCUT2D eigenvalue weighted by atomic mass is 16.3. The molecule has 2 aliphatic rings. The molecule has 3 rings (SSSR count). The lowest BCUT2D eigenvalue weighted by Gasteiger charge is -2.36. The minimum Gasteiger partial charge on any atom is -0.469 e. The van der Waals surface area contributed by atoms with Gasteiger partial charge in [-0.2, -0.15) is 0 Å².